The molecule has 0 N–H and O–H groups in total. The highest BCUT2D eigenvalue weighted by molar-refractivity contribution is 6.31. The van der Waals surface area contributed by atoms with Crippen LogP contribution in [0.3, 0.4) is 0 Å². The van der Waals surface area contributed by atoms with E-state index in [1.54, 1.807) is 12.1 Å². The number of esters is 1. The molecule has 0 aliphatic carbocycles. The molecule has 0 radical (unpaired) electrons. The maximum Gasteiger partial charge on any atom is 0.325 e. The van der Waals surface area contributed by atoms with Gasteiger partial charge >= 0.3 is 12.2 Å². The molecule has 2 amide bonds. The van der Waals surface area contributed by atoms with Gasteiger partial charge in [0.1, 0.15) is 12.6 Å². The molecule has 1 aromatic carbocycles. The molecule has 0 bridgehead atoms. The Morgan fingerprint density at radius 3 is 2.27 bits per heavy atom. The third kappa shape index (κ3) is 2.68. The summed E-state index contributed by atoms with van der Waals surface area (Å²) < 4.78 is 4.73. The molecule has 1 aliphatic heterocycles. The summed E-state index contributed by atoms with van der Waals surface area (Å²) in [6, 6.07) is 4.72. The minimum atomic E-state index is -1.38. The van der Waals surface area contributed by atoms with E-state index in [0.29, 0.717) is 11.1 Å². The van der Waals surface area contributed by atoms with Crippen LogP contribution in [-0.4, -0.2) is 52.1 Å². The largest absolute Gasteiger partial charge is 0.463 e. The number of hydrogen-bond acceptors (Lipinski definition) is 5. The second-order valence-electron chi connectivity index (χ2n) is 4.49. The average molecular weight is 301 g/mol. The van der Waals surface area contributed by atoms with Gasteiger partial charge in [0.2, 0.25) is 0 Å². The molecule has 1 atom stereocenters. The normalized spacial score (nSPS) is 14.1. The molecule has 0 fully saturated rings. The fourth-order valence-corrected chi connectivity index (χ4v) is 2.11. The van der Waals surface area contributed by atoms with Gasteiger partial charge in [-0.2, -0.15) is 4.79 Å². The van der Waals surface area contributed by atoms with E-state index in [1.807, 2.05) is 0 Å². The van der Waals surface area contributed by atoms with Crippen LogP contribution < -0.4 is 0 Å². The second kappa shape index (κ2) is 6.11. The van der Waals surface area contributed by atoms with Gasteiger partial charge < -0.3 is 10.3 Å². The summed E-state index contributed by atoms with van der Waals surface area (Å²) >= 11 is 0. The average Bonchev–Trinajstić information content (AvgIpc) is 2.73. The summed E-state index contributed by atoms with van der Waals surface area (Å²) in [6.45, 7) is 0.621. The highest BCUT2D eigenvalue weighted by atomic mass is 16.5. The van der Waals surface area contributed by atoms with Crippen molar-refractivity contribution >= 4 is 29.8 Å². The highest BCUT2D eigenvalue weighted by Gasteiger charge is 2.43. The van der Waals surface area contributed by atoms with Crippen molar-refractivity contribution in [2.45, 2.75) is 13.0 Å². The highest BCUT2D eigenvalue weighted by Crippen LogP contribution is 2.24. The number of hydrogen-bond donors (Lipinski definition) is 0. The lowest BCUT2D eigenvalue weighted by molar-refractivity contribution is -0.143. The van der Waals surface area contributed by atoms with Crippen LogP contribution >= 0.6 is 0 Å². The Labute approximate surface area is 124 Å². The minimum absolute atomic E-state index is 0.161. The van der Waals surface area contributed by atoms with Crippen molar-refractivity contribution in [3.8, 4) is 0 Å². The number of ether oxygens (including phenoxy) is 1. The summed E-state index contributed by atoms with van der Waals surface area (Å²) in [5, 5.41) is 0. The van der Waals surface area contributed by atoms with Crippen molar-refractivity contribution in [1.29, 1.82) is 0 Å². The van der Waals surface area contributed by atoms with Crippen LogP contribution in [-0.2, 0) is 14.3 Å². The van der Waals surface area contributed by atoms with Gasteiger partial charge in [-0.15, -0.1) is 0 Å². The number of carbonyl (C=O) groups is 4. The number of imide groups is 1. The van der Waals surface area contributed by atoms with Crippen LogP contribution in [0.25, 0.3) is 5.53 Å². The third-order valence-corrected chi connectivity index (χ3v) is 3.10. The van der Waals surface area contributed by atoms with Gasteiger partial charge in [0.05, 0.1) is 11.1 Å². The third-order valence-electron chi connectivity index (χ3n) is 3.10. The first-order valence-electron chi connectivity index (χ1n) is 6.29. The predicted molar refractivity (Wildman–Crippen MR) is 72.1 cm³/mol. The van der Waals surface area contributed by atoms with Gasteiger partial charge in [0, 0.05) is 6.92 Å². The van der Waals surface area contributed by atoms with E-state index in [4.69, 9.17) is 10.3 Å². The molecule has 1 aliphatic rings. The van der Waals surface area contributed by atoms with Crippen molar-refractivity contribution in [3.63, 3.8) is 0 Å². The van der Waals surface area contributed by atoms with E-state index in [-0.39, 0.29) is 11.1 Å². The fourth-order valence-electron chi connectivity index (χ4n) is 2.11. The maximum atomic E-state index is 12.3. The molecule has 22 heavy (non-hydrogen) atoms. The molecular weight excluding hydrogens is 290 g/mol. The van der Waals surface area contributed by atoms with E-state index in [2.05, 4.69) is 4.79 Å². The van der Waals surface area contributed by atoms with E-state index in [9.17, 15) is 19.2 Å². The number of Topliss-reactive ketones (excluding diaryl/α,β-unsaturated/α-hetero) is 1. The van der Waals surface area contributed by atoms with Crippen molar-refractivity contribution in [3.05, 3.63) is 40.9 Å². The van der Waals surface area contributed by atoms with E-state index < -0.39 is 36.2 Å². The van der Waals surface area contributed by atoms with Crippen molar-refractivity contribution in [2.24, 2.45) is 0 Å². The molecule has 1 aromatic rings. The lowest BCUT2D eigenvalue weighted by Gasteiger charge is -2.22. The van der Waals surface area contributed by atoms with Crippen LogP contribution in [0.4, 0.5) is 0 Å². The molecule has 2 rings (SSSR count). The van der Waals surface area contributed by atoms with E-state index in [0.717, 1.165) is 6.92 Å². The number of benzene rings is 1. The van der Waals surface area contributed by atoms with Crippen LogP contribution in [0.1, 0.15) is 27.6 Å². The van der Waals surface area contributed by atoms with Gasteiger partial charge in [-0.1, -0.05) is 12.1 Å². The Bertz CT molecular complexity index is 686. The second-order valence-corrected chi connectivity index (χ2v) is 4.49. The topological polar surface area (TPSA) is 117 Å². The van der Waals surface area contributed by atoms with Crippen molar-refractivity contribution < 1.29 is 28.7 Å². The number of ketones is 1. The Balaban J connectivity index is 2.38. The lowest BCUT2D eigenvalue weighted by atomic mass is 10.1. The fraction of sp³-hybridized carbons (Fsp3) is 0.214. The molecule has 0 spiro atoms. The Morgan fingerprint density at radius 2 is 1.82 bits per heavy atom. The summed E-state index contributed by atoms with van der Waals surface area (Å²) in [5.74, 6) is -2.84. The first kappa shape index (κ1) is 15.3. The van der Waals surface area contributed by atoms with Gasteiger partial charge in [-0.3, -0.25) is 24.1 Å². The van der Waals surface area contributed by atoms with E-state index in [1.165, 1.54) is 12.1 Å². The summed E-state index contributed by atoms with van der Waals surface area (Å²) in [4.78, 5) is 50.8. The Hall–Kier alpha value is -3.12. The molecule has 112 valence electrons. The van der Waals surface area contributed by atoms with Crippen LogP contribution in [0.2, 0.25) is 0 Å². The number of fused-ring (bicyclic) bond motifs is 1. The number of nitrogens with zero attached hydrogens (tertiary/aromatic N) is 3. The zero-order chi connectivity index (χ0) is 16.3. The maximum absolute atomic E-state index is 12.3. The Kier molecular flexibility index (Phi) is 4.24. The summed E-state index contributed by atoms with van der Waals surface area (Å²) in [6.07, 6.45) is 0.553. The number of rotatable bonds is 5. The lowest BCUT2D eigenvalue weighted by Crippen LogP contribution is -2.48. The molecule has 0 aromatic heterocycles. The molecule has 0 saturated carbocycles. The van der Waals surface area contributed by atoms with Crippen LogP contribution in [0, 0.1) is 0 Å². The Morgan fingerprint density at radius 1 is 1.27 bits per heavy atom. The van der Waals surface area contributed by atoms with Crippen LogP contribution in [0.5, 0.6) is 0 Å². The van der Waals surface area contributed by atoms with Gasteiger partial charge in [0.25, 0.3) is 17.6 Å². The molecule has 8 nitrogen and oxygen atoms in total. The molecule has 1 heterocycles. The molecule has 8 heteroatoms. The minimum Gasteiger partial charge on any atom is -0.463 e. The number of carbonyl (C=O) groups excluding carboxylic acids is 4. The van der Waals surface area contributed by atoms with Gasteiger partial charge in [0.15, 0.2) is 0 Å². The predicted octanol–water partition coefficient (Wildman–Crippen LogP) is 0.0840. The molecule has 0 unspecified atom stereocenters. The SMILES string of the molecule is CC(=O)OC[C@@H](C(=O)C=[N+]=[N-])N1C(=O)c2ccccc2C1=O. The molecular formula is C14H11N3O5. The van der Waals surface area contributed by atoms with Gasteiger partial charge in [-0.05, 0) is 12.1 Å². The van der Waals surface area contributed by atoms with Gasteiger partial charge in [-0.25, -0.2) is 0 Å². The monoisotopic (exact) mass is 301 g/mol. The quantitative estimate of drug-likeness (QED) is 0.251. The summed E-state index contributed by atoms with van der Waals surface area (Å²) in [5.41, 5.74) is 8.79. The first-order chi connectivity index (χ1) is 10.5. The van der Waals surface area contributed by atoms with Crippen molar-refractivity contribution in [2.75, 3.05) is 6.61 Å². The summed E-state index contributed by atoms with van der Waals surface area (Å²) in [7, 11) is 0. The number of amides is 2. The smallest absolute Gasteiger partial charge is 0.325 e. The zero-order valence-electron chi connectivity index (χ0n) is 11.6. The van der Waals surface area contributed by atoms with Crippen LogP contribution in [0.15, 0.2) is 24.3 Å². The standard InChI is InChI=1S/C14H11N3O5/c1-8(18)22-7-11(12(19)6-16-15)17-13(20)9-4-2-3-5-10(9)14(17)21/h2-6,11H,7H2,1H3/t11-/m0/s1. The van der Waals surface area contributed by atoms with Crippen molar-refractivity contribution in [1.82, 2.24) is 4.90 Å². The first-order valence-corrected chi connectivity index (χ1v) is 6.29. The zero-order valence-corrected chi connectivity index (χ0v) is 11.6. The van der Waals surface area contributed by atoms with E-state index >= 15 is 0 Å². The molecule has 0 saturated heterocycles.